The Morgan fingerprint density at radius 2 is 1.89 bits per heavy atom. The molecule has 1 aromatic carbocycles. The third-order valence-corrected chi connectivity index (χ3v) is 2.89. The number of hydrogen-bond donors (Lipinski definition) is 0. The Morgan fingerprint density at radius 3 is 2.50 bits per heavy atom. The van der Waals surface area contributed by atoms with Crippen molar-refractivity contribution in [1.29, 1.82) is 0 Å². The van der Waals surface area contributed by atoms with Crippen molar-refractivity contribution in [3.05, 3.63) is 65.4 Å². The molecule has 0 amide bonds. The first-order chi connectivity index (χ1) is 8.58. The van der Waals surface area contributed by atoms with Gasteiger partial charge in [0.15, 0.2) is 0 Å². The quantitative estimate of drug-likeness (QED) is 0.788. The normalized spacial score (nSPS) is 15.2. The zero-order chi connectivity index (χ0) is 13.1. The molecule has 0 saturated carbocycles. The molecule has 1 heterocycles. The van der Waals surface area contributed by atoms with E-state index in [4.69, 9.17) is 11.6 Å². The summed E-state index contributed by atoms with van der Waals surface area (Å²) in [6.07, 6.45) is 2.89. The fourth-order valence-corrected chi connectivity index (χ4v) is 1.94. The van der Waals surface area contributed by atoms with Crippen LogP contribution >= 0.6 is 11.6 Å². The van der Waals surface area contributed by atoms with Crippen LogP contribution in [0.25, 0.3) is 5.70 Å². The van der Waals surface area contributed by atoms with Crippen LogP contribution in [0.5, 0.6) is 0 Å². The lowest BCUT2D eigenvalue weighted by Gasteiger charge is -2.29. The lowest BCUT2D eigenvalue weighted by atomic mass is 10.1. The van der Waals surface area contributed by atoms with Crippen LogP contribution in [0, 0.1) is 0 Å². The van der Waals surface area contributed by atoms with Crippen LogP contribution in [0.2, 0.25) is 5.02 Å². The average Bonchev–Trinajstić information content (AvgIpc) is 2.32. The second kappa shape index (κ2) is 5.36. The first-order valence-corrected chi connectivity index (χ1v) is 5.84. The SMILES string of the molecule is C=C1C=CC=C(c2ccc(Cl)cc2)N1CC(F)F. The van der Waals surface area contributed by atoms with Gasteiger partial charge in [0.05, 0.1) is 6.54 Å². The summed E-state index contributed by atoms with van der Waals surface area (Å²) in [5.74, 6) is 0. The number of allylic oxidation sites excluding steroid dienone is 3. The van der Waals surface area contributed by atoms with Crippen LogP contribution in [0.3, 0.4) is 0 Å². The van der Waals surface area contributed by atoms with Crippen LogP contribution in [0.4, 0.5) is 8.78 Å². The molecule has 1 aliphatic heterocycles. The summed E-state index contributed by atoms with van der Waals surface area (Å²) in [6, 6.07) is 7.08. The molecule has 0 N–H and O–H groups in total. The van der Waals surface area contributed by atoms with Gasteiger partial charge >= 0.3 is 0 Å². The molecule has 1 aromatic rings. The van der Waals surface area contributed by atoms with Gasteiger partial charge in [-0.2, -0.15) is 0 Å². The lowest BCUT2D eigenvalue weighted by Crippen LogP contribution is -2.27. The molecule has 1 nitrogen and oxygen atoms in total. The van der Waals surface area contributed by atoms with Crippen molar-refractivity contribution in [1.82, 2.24) is 4.90 Å². The minimum atomic E-state index is -2.41. The maximum atomic E-state index is 12.6. The van der Waals surface area contributed by atoms with E-state index < -0.39 is 6.43 Å². The van der Waals surface area contributed by atoms with Crippen LogP contribution in [-0.4, -0.2) is 17.9 Å². The highest BCUT2D eigenvalue weighted by Crippen LogP contribution is 2.28. The number of halogens is 3. The van der Waals surface area contributed by atoms with E-state index in [1.807, 2.05) is 0 Å². The highest BCUT2D eigenvalue weighted by atomic mass is 35.5. The summed E-state index contributed by atoms with van der Waals surface area (Å²) < 4.78 is 25.2. The van der Waals surface area contributed by atoms with Crippen molar-refractivity contribution in [2.45, 2.75) is 6.43 Å². The van der Waals surface area contributed by atoms with E-state index in [9.17, 15) is 8.78 Å². The lowest BCUT2D eigenvalue weighted by molar-refractivity contribution is 0.123. The molecule has 0 aliphatic carbocycles. The Morgan fingerprint density at radius 1 is 1.22 bits per heavy atom. The van der Waals surface area contributed by atoms with Gasteiger partial charge in [-0.05, 0) is 29.8 Å². The van der Waals surface area contributed by atoms with E-state index in [0.29, 0.717) is 16.4 Å². The van der Waals surface area contributed by atoms with Gasteiger partial charge in [-0.1, -0.05) is 36.4 Å². The molecular formula is C14H12ClF2N. The molecule has 0 bridgehead atoms. The minimum Gasteiger partial charge on any atom is -0.336 e. The molecule has 0 unspecified atom stereocenters. The Kier molecular flexibility index (Phi) is 3.82. The van der Waals surface area contributed by atoms with Crippen molar-refractivity contribution < 1.29 is 8.78 Å². The Balaban J connectivity index is 2.33. The van der Waals surface area contributed by atoms with Gasteiger partial charge in [0.25, 0.3) is 6.43 Å². The fourth-order valence-electron chi connectivity index (χ4n) is 1.81. The van der Waals surface area contributed by atoms with E-state index >= 15 is 0 Å². The highest BCUT2D eigenvalue weighted by molar-refractivity contribution is 6.30. The molecule has 0 saturated heterocycles. The number of rotatable bonds is 3. The Hall–Kier alpha value is -1.61. The second-order valence-electron chi connectivity index (χ2n) is 3.91. The van der Waals surface area contributed by atoms with E-state index in [1.165, 1.54) is 4.90 Å². The number of alkyl halides is 2. The van der Waals surface area contributed by atoms with Crippen LogP contribution in [-0.2, 0) is 0 Å². The molecule has 0 atom stereocenters. The maximum absolute atomic E-state index is 12.6. The molecule has 1 aliphatic rings. The van der Waals surface area contributed by atoms with Gasteiger partial charge < -0.3 is 4.90 Å². The summed E-state index contributed by atoms with van der Waals surface area (Å²) >= 11 is 5.82. The molecule has 0 fully saturated rings. The fraction of sp³-hybridized carbons (Fsp3) is 0.143. The van der Waals surface area contributed by atoms with E-state index in [2.05, 4.69) is 6.58 Å². The summed E-state index contributed by atoms with van der Waals surface area (Å²) in [7, 11) is 0. The van der Waals surface area contributed by atoms with Gasteiger partial charge in [-0.25, -0.2) is 8.78 Å². The van der Waals surface area contributed by atoms with E-state index in [-0.39, 0.29) is 6.54 Å². The van der Waals surface area contributed by atoms with Crippen molar-refractivity contribution in [3.8, 4) is 0 Å². The van der Waals surface area contributed by atoms with Gasteiger partial charge in [0, 0.05) is 16.4 Å². The Labute approximate surface area is 110 Å². The van der Waals surface area contributed by atoms with Crippen molar-refractivity contribution in [2.24, 2.45) is 0 Å². The van der Waals surface area contributed by atoms with E-state index in [0.717, 1.165) is 5.56 Å². The zero-order valence-electron chi connectivity index (χ0n) is 9.61. The molecule has 0 spiro atoms. The van der Waals surface area contributed by atoms with Gasteiger partial charge in [-0.15, -0.1) is 0 Å². The molecule has 4 heteroatoms. The average molecular weight is 268 g/mol. The summed E-state index contributed by atoms with van der Waals surface area (Å²) in [5.41, 5.74) is 2.10. The van der Waals surface area contributed by atoms with Gasteiger partial charge in [0.1, 0.15) is 0 Å². The van der Waals surface area contributed by atoms with Crippen LogP contribution in [0.1, 0.15) is 5.56 Å². The molecule has 94 valence electrons. The van der Waals surface area contributed by atoms with Crippen molar-refractivity contribution in [3.63, 3.8) is 0 Å². The number of benzene rings is 1. The predicted molar refractivity (Wildman–Crippen MR) is 70.4 cm³/mol. The van der Waals surface area contributed by atoms with E-state index in [1.54, 1.807) is 42.5 Å². The highest BCUT2D eigenvalue weighted by Gasteiger charge is 2.19. The summed E-state index contributed by atoms with van der Waals surface area (Å²) in [5, 5.41) is 0.616. The maximum Gasteiger partial charge on any atom is 0.256 e. The first kappa shape index (κ1) is 12.8. The topological polar surface area (TPSA) is 3.24 Å². The summed E-state index contributed by atoms with van der Waals surface area (Å²) in [6.45, 7) is 3.42. The third kappa shape index (κ3) is 2.79. The standard InChI is InChI=1S/C14H12ClF2N/c1-10-3-2-4-13(18(10)9-14(16)17)11-5-7-12(15)8-6-11/h2-8,14H,1,9H2. The molecular weight excluding hydrogens is 256 g/mol. The summed E-state index contributed by atoms with van der Waals surface area (Å²) in [4.78, 5) is 1.51. The minimum absolute atomic E-state index is 0.363. The monoisotopic (exact) mass is 267 g/mol. The molecule has 2 rings (SSSR count). The van der Waals surface area contributed by atoms with Gasteiger partial charge in [-0.3, -0.25) is 0 Å². The smallest absolute Gasteiger partial charge is 0.256 e. The van der Waals surface area contributed by atoms with Crippen molar-refractivity contribution >= 4 is 17.3 Å². The zero-order valence-corrected chi connectivity index (χ0v) is 10.4. The largest absolute Gasteiger partial charge is 0.336 e. The van der Waals surface area contributed by atoms with Crippen molar-refractivity contribution in [2.75, 3.05) is 6.54 Å². The number of nitrogens with zero attached hydrogens (tertiary/aromatic N) is 1. The number of hydrogen-bond acceptors (Lipinski definition) is 1. The van der Waals surface area contributed by atoms with Crippen LogP contribution in [0.15, 0.2) is 54.8 Å². The van der Waals surface area contributed by atoms with Gasteiger partial charge in [0.2, 0.25) is 0 Å². The molecule has 18 heavy (non-hydrogen) atoms. The predicted octanol–water partition coefficient (Wildman–Crippen LogP) is 4.33. The first-order valence-electron chi connectivity index (χ1n) is 5.47. The molecule has 0 aromatic heterocycles. The Bertz CT molecular complexity index is 503. The molecule has 0 radical (unpaired) electrons. The van der Waals surface area contributed by atoms with Crippen LogP contribution < -0.4 is 0 Å². The third-order valence-electron chi connectivity index (χ3n) is 2.64. The second-order valence-corrected chi connectivity index (χ2v) is 4.35.